The zero-order valence-electron chi connectivity index (χ0n) is 16.3. The molecule has 4 saturated carbocycles. The maximum absolute atomic E-state index is 13.2. The van der Waals surface area contributed by atoms with Crippen LogP contribution in [0.3, 0.4) is 0 Å². The smallest absolute Gasteiger partial charge is 0.336 e. The van der Waals surface area contributed by atoms with Crippen LogP contribution in [0.1, 0.15) is 54.4 Å². The van der Waals surface area contributed by atoms with E-state index in [2.05, 4.69) is 10.4 Å². The van der Waals surface area contributed by atoms with Gasteiger partial charge < -0.3 is 10.4 Å². The molecule has 0 amide bonds. The normalized spacial score (nSPS) is 29.8. The number of carboxylic acids is 1. The van der Waals surface area contributed by atoms with Gasteiger partial charge in [0, 0.05) is 5.69 Å². The van der Waals surface area contributed by atoms with Crippen LogP contribution in [0.25, 0.3) is 0 Å². The van der Waals surface area contributed by atoms with E-state index in [0.717, 1.165) is 19.3 Å². The van der Waals surface area contributed by atoms with Gasteiger partial charge in [0.2, 0.25) is 0 Å². The van der Waals surface area contributed by atoms with Crippen molar-refractivity contribution in [2.75, 3.05) is 5.32 Å². The van der Waals surface area contributed by atoms with E-state index in [4.69, 9.17) is 11.6 Å². The van der Waals surface area contributed by atoms with Crippen LogP contribution in [0.5, 0.6) is 0 Å². The van der Waals surface area contributed by atoms with Gasteiger partial charge in [-0.05, 0) is 80.9 Å². The average molecular weight is 414 g/mol. The maximum atomic E-state index is 13.2. The standard InChI is InChI=1S/C22H24ClN3O3/c1-12-16(21(28)29)3-2-4-17(12)25-18-11-24-26(20(27)19(18)23)22-8-13-5-14(9-22)7-15(6-13)10-22/h2-4,11,13-15,25H,5-10H2,1H3,(H,28,29). The van der Waals surface area contributed by atoms with Crippen molar-refractivity contribution in [1.82, 2.24) is 9.78 Å². The Morgan fingerprint density at radius 3 is 2.38 bits per heavy atom. The monoisotopic (exact) mass is 413 g/mol. The molecule has 2 aromatic rings. The van der Waals surface area contributed by atoms with Gasteiger partial charge in [-0.3, -0.25) is 4.79 Å². The summed E-state index contributed by atoms with van der Waals surface area (Å²) in [5.41, 5.74) is 1.35. The Kier molecular flexibility index (Phi) is 4.24. The molecule has 152 valence electrons. The molecule has 6 nitrogen and oxygen atoms in total. The minimum absolute atomic E-state index is 0.107. The molecule has 0 radical (unpaired) electrons. The Balaban J connectivity index is 1.50. The summed E-state index contributed by atoms with van der Waals surface area (Å²) in [6.07, 6.45) is 8.55. The number of carboxylic acid groups (broad SMARTS) is 1. The lowest BCUT2D eigenvalue weighted by molar-refractivity contribution is -0.0518. The zero-order chi connectivity index (χ0) is 20.3. The predicted octanol–water partition coefficient (Wildman–Crippen LogP) is 4.57. The van der Waals surface area contributed by atoms with E-state index in [1.165, 1.54) is 19.3 Å². The fourth-order valence-electron chi connectivity index (χ4n) is 6.33. The molecule has 7 heteroatoms. The molecular weight excluding hydrogens is 390 g/mol. The first kappa shape index (κ1) is 18.7. The Labute approximate surface area is 173 Å². The molecule has 4 aliphatic carbocycles. The Morgan fingerprint density at radius 2 is 1.79 bits per heavy atom. The highest BCUT2D eigenvalue weighted by atomic mass is 35.5. The second-order valence-electron chi connectivity index (χ2n) is 9.14. The van der Waals surface area contributed by atoms with Crippen molar-refractivity contribution in [2.24, 2.45) is 17.8 Å². The number of aromatic carboxylic acids is 1. The number of halogens is 1. The highest BCUT2D eigenvalue weighted by Crippen LogP contribution is 2.58. The Morgan fingerprint density at radius 1 is 1.17 bits per heavy atom. The molecule has 0 aliphatic heterocycles. The Bertz CT molecular complexity index is 1030. The second kappa shape index (κ2) is 6.59. The minimum atomic E-state index is -0.993. The van der Waals surface area contributed by atoms with Crippen molar-refractivity contribution >= 4 is 28.9 Å². The van der Waals surface area contributed by atoms with Gasteiger partial charge in [-0.2, -0.15) is 5.10 Å². The van der Waals surface area contributed by atoms with Crippen LogP contribution in [0.15, 0.2) is 29.2 Å². The first-order valence-electron chi connectivity index (χ1n) is 10.2. The number of nitrogens with one attached hydrogen (secondary N) is 1. The van der Waals surface area contributed by atoms with Crippen LogP contribution in [-0.2, 0) is 5.54 Å². The molecule has 6 rings (SSSR count). The summed E-state index contributed by atoms with van der Waals surface area (Å²) in [6.45, 7) is 1.73. The van der Waals surface area contributed by atoms with E-state index >= 15 is 0 Å². The van der Waals surface area contributed by atoms with Gasteiger partial charge in [-0.15, -0.1) is 0 Å². The quantitative estimate of drug-likeness (QED) is 0.766. The minimum Gasteiger partial charge on any atom is -0.478 e. The molecule has 0 unspecified atom stereocenters. The van der Waals surface area contributed by atoms with Gasteiger partial charge in [-0.25, -0.2) is 9.48 Å². The Hall–Kier alpha value is -2.34. The number of nitrogens with zero attached hydrogens (tertiary/aromatic N) is 2. The number of carbonyl (C=O) groups is 1. The number of hydrogen-bond acceptors (Lipinski definition) is 4. The van der Waals surface area contributed by atoms with Crippen molar-refractivity contribution in [2.45, 2.75) is 51.0 Å². The van der Waals surface area contributed by atoms with Crippen LogP contribution >= 0.6 is 11.6 Å². The summed E-state index contributed by atoms with van der Waals surface area (Å²) in [7, 11) is 0. The SMILES string of the molecule is Cc1c(Nc2cnn(C34CC5CC(CC(C5)C3)C4)c(=O)c2Cl)cccc1C(=O)O. The summed E-state index contributed by atoms with van der Waals surface area (Å²) in [6, 6.07) is 4.98. The molecule has 1 aromatic heterocycles. The highest BCUT2D eigenvalue weighted by molar-refractivity contribution is 6.33. The molecule has 0 saturated heterocycles. The molecule has 0 atom stereocenters. The number of anilines is 2. The summed E-state index contributed by atoms with van der Waals surface area (Å²) in [4.78, 5) is 24.6. The van der Waals surface area contributed by atoms with Crippen molar-refractivity contribution < 1.29 is 9.90 Å². The highest BCUT2D eigenvalue weighted by Gasteiger charge is 2.53. The third kappa shape index (κ3) is 2.96. The molecule has 1 heterocycles. The molecule has 0 spiro atoms. The van der Waals surface area contributed by atoms with Crippen LogP contribution in [0, 0.1) is 24.7 Å². The van der Waals surface area contributed by atoms with Crippen molar-refractivity contribution in [3.63, 3.8) is 0 Å². The van der Waals surface area contributed by atoms with E-state index in [1.54, 1.807) is 36.0 Å². The zero-order valence-corrected chi connectivity index (χ0v) is 17.1. The summed E-state index contributed by atoms with van der Waals surface area (Å²) >= 11 is 6.49. The van der Waals surface area contributed by atoms with Gasteiger partial charge in [0.05, 0.1) is 23.0 Å². The lowest BCUT2D eigenvalue weighted by atomic mass is 9.53. The van der Waals surface area contributed by atoms with Crippen molar-refractivity contribution in [3.8, 4) is 0 Å². The van der Waals surface area contributed by atoms with Gasteiger partial charge >= 0.3 is 5.97 Å². The number of hydrogen-bond donors (Lipinski definition) is 2. The van der Waals surface area contributed by atoms with Gasteiger partial charge in [0.15, 0.2) is 0 Å². The van der Waals surface area contributed by atoms with E-state index < -0.39 is 5.97 Å². The number of benzene rings is 1. The maximum Gasteiger partial charge on any atom is 0.336 e. The van der Waals surface area contributed by atoms with Crippen LogP contribution in [-0.4, -0.2) is 20.9 Å². The van der Waals surface area contributed by atoms with Gasteiger partial charge in [0.1, 0.15) is 5.02 Å². The first-order valence-corrected chi connectivity index (χ1v) is 10.6. The van der Waals surface area contributed by atoms with E-state index in [-0.39, 0.29) is 21.7 Å². The predicted molar refractivity (Wildman–Crippen MR) is 111 cm³/mol. The van der Waals surface area contributed by atoms with Crippen molar-refractivity contribution in [1.29, 1.82) is 0 Å². The molecular formula is C22H24ClN3O3. The lowest BCUT2D eigenvalue weighted by Gasteiger charge is -2.56. The van der Waals surface area contributed by atoms with E-state index in [1.807, 2.05) is 0 Å². The number of rotatable bonds is 4. The third-order valence-corrected chi connectivity index (χ3v) is 7.57. The number of aromatic nitrogens is 2. The fraction of sp³-hybridized carbons (Fsp3) is 0.500. The van der Waals surface area contributed by atoms with E-state index in [9.17, 15) is 14.7 Å². The molecule has 29 heavy (non-hydrogen) atoms. The average Bonchev–Trinajstić information content (AvgIpc) is 2.65. The molecule has 1 aromatic carbocycles. The van der Waals surface area contributed by atoms with Crippen LogP contribution < -0.4 is 10.9 Å². The molecule has 4 fully saturated rings. The summed E-state index contributed by atoms with van der Waals surface area (Å²) < 4.78 is 1.66. The second-order valence-corrected chi connectivity index (χ2v) is 9.52. The lowest BCUT2D eigenvalue weighted by Crippen LogP contribution is -2.55. The molecule has 4 aliphatic rings. The van der Waals surface area contributed by atoms with Crippen molar-refractivity contribution in [3.05, 3.63) is 50.9 Å². The van der Waals surface area contributed by atoms with E-state index in [0.29, 0.717) is 34.7 Å². The summed E-state index contributed by atoms with van der Waals surface area (Å²) in [5.74, 6) is 1.11. The van der Waals surface area contributed by atoms with Crippen LogP contribution in [0.2, 0.25) is 5.02 Å². The first-order chi connectivity index (χ1) is 13.9. The van der Waals surface area contributed by atoms with Crippen LogP contribution in [0.4, 0.5) is 11.4 Å². The van der Waals surface area contributed by atoms with Gasteiger partial charge in [0.25, 0.3) is 5.56 Å². The largest absolute Gasteiger partial charge is 0.478 e. The van der Waals surface area contributed by atoms with Gasteiger partial charge in [-0.1, -0.05) is 17.7 Å². The summed E-state index contributed by atoms with van der Waals surface area (Å²) in [5, 5.41) is 17.1. The fourth-order valence-corrected chi connectivity index (χ4v) is 6.51. The third-order valence-electron chi connectivity index (χ3n) is 7.21. The topological polar surface area (TPSA) is 84.2 Å². The molecule has 4 bridgehead atoms. The molecule has 2 N–H and O–H groups in total.